The number of carbonyl (C=O) groups excluding carboxylic acids is 1. The Kier molecular flexibility index (Phi) is 6.54. The first kappa shape index (κ1) is 20.9. The van der Waals surface area contributed by atoms with Crippen LogP contribution in [0.3, 0.4) is 0 Å². The van der Waals surface area contributed by atoms with Gasteiger partial charge in [0.2, 0.25) is 0 Å². The van der Waals surface area contributed by atoms with E-state index in [1.54, 1.807) is 42.5 Å². The molecule has 0 fully saturated rings. The van der Waals surface area contributed by atoms with Crippen molar-refractivity contribution in [2.45, 2.75) is 33.9 Å². The van der Waals surface area contributed by atoms with Crippen molar-refractivity contribution in [1.82, 2.24) is 9.88 Å². The number of aryl methyl sites for hydroxylation is 2. The summed E-state index contributed by atoms with van der Waals surface area (Å²) in [4.78, 5) is 18.9. The number of methoxy groups -OCH3 is 1. The highest BCUT2D eigenvalue weighted by atomic mass is 32.1. The first-order chi connectivity index (χ1) is 13.9. The van der Waals surface area contributed by atoms with Gasteiger partial charge in [-0.1, -0.05) is 12.1 Å². The first-order valence-electron chi connectivity index (χ1n) is 9.41. The summed E-state index contributed by atoms with van der Waals surface area (Å²) in [6, 6.07) is 11.4. The molecule has 0 atom stereocenters. The zero-order valence-electron chi connectivity index (χ0n) is 17.5. The molecule has 0 aliphatic carbocycles. The van der Waals surface area contributed by atoms with E-state index in [0.717, 1.165) is 22.0 Å². The van der Waals surface area contributed by atoms with Gasteiger partial charge < -0.3 is 14.4 Å². The molecule has 1 aromatic heterocycles. The van der Waals surface area contributed by atoms with Crippen LogP contribution in [-0.2, 0) is 13.2 Å². The molecule has 0 spiro atoms. The minimum absolute atomic E-state index is 0.0689. The molecule has 29 heavy (non-hydrogen) atoms. The van der Waals surface area contributed by atoms with Crippen LogP contribution in [0.15, 0.2) is 41.8 Å². The van der Waals surface area contributed by atoms with Crippen molar-refractivity contribution in [3.05, 3.63) is 74.7 Å². The Hall–Kier alpha value is -2.86. The van der Waals surface area contributed by atoms with E-state index in [1.165, 1.54) is 11.1 Å². The molecular formula is C23H26N2O3S. The number of nitrogens with zero attached hydrogens (tertiary/aromatic N) is 2. The number of carbonyl (C=O) groups is 1. The number of ether oxygens (including phenoxy) is 2. The maximum absolute atomic E-state index is 12.7. The predicted molar refractivity (Wildman–Crippen MR) is 116 cm³/mol. The van der Waals surface area contributed by atoms with E-state index in [1.807, 2.05) is 17.5 Å². The van der Waals surface area contributed by atoms with E-state index in [2.05, 4.69) is 37.9 Å². The van der Waals surface area contributed by atoms with E-state index >= 15 is 0 Å². The molecule has 0 aliphatic rings. The summed E-state index contributed by atoms with van der Waals surface area (Å²) in [6.07, 6.45) is 0. The van der Waals surface area contributed by atoms with Crippen LogP contribution in [0.1, 0.15) is 37.7 Å². The second-order valence-electron chi connectivity index (χ2n) is 7.12. The van der Waals surface area contributed by atoms with Crippen LogP contribution < -0.4 is 9.47 Å². The number of rotatable bonds is 7. The lowest BCUT2D eigenvalue weighted by atomic mass is 10.1. The normalized spacial score (nSPS) is 10.7. The average molecular weight is 411 g/mol. The summed E-state index contributed by atoms with van der Waals surface area (Å²) >= 11 is 1.54. The van der Waals surface area contributed by atoms with Crippen molar-refractivity contribution in [1.29, 1.82) is 0 Å². The van der Waals surface area contributed by atoms with Gasteiger partial charge in [-0.2, -0.15) is 0 Å². The van der Waals surface area contributed by atoms with Gasteiger partial charge in [-0.25, -0.2) is 4.98 Å². The Balaban J connectivity index is 1.62. The number of hydrogen-bond donors (Lipinski definition) is 0. The Morgan fingerprint density at radius 1 is 1.17 bits per heavy atom. The topological polar surface area (TPSA) is 51.7 Å². The molecule has 1 amide bonds. The van der Waals surface area contributed by atoms with Gasteiger partial charge in [-0.3, -0.25) is 4.79 Å². The maximum atomic E-state index is 12.7. The fraction of sp³-hybridized carbons (Fsp3) is 0.304. The van der Waals surface area contributed by atoms with E-state index in [0.29, 0.717) is 24.5 Å². The van der Waals surface area contributed by atoms with E-state index in [-0.39, 0.29) is 5.91 Å². The van der Waals surface area contributed by atoms with Crippen molar-refractivity contribution in [2.24, 2.45) is 0 Å². The fourth-order valence-electron chi connectivity index (χ4n) is 3.07. The number of aromatic nitrogens is 1. The summed E-state index contributed by atoms with van der Waals surface area (Å²) in [5.41, 5.74) is 4.99. The molecule has 0 N–H and O–H groups in total. The van der Waals surface area contributed by atoms with Gasteiger partial charge >= 0.3 is 0 Å². The summed E-state index contributed by atoms with van der Waals surface area (Å²) < 4.78 is 11.2. The third-order valence-corrected chi connectivity index (χ3v) is 5.65. The molecular weight excluding hydrogens is 384 g/mol. The molecule has 0 saturated heterocycles. The van der Waals surface area contributed by atoms with Crippen LogP contribution in [0, 0.1) is 20.8 Å². The number of thiazole rings is 1. The third-order valence-electron chi connectivity index (χ3n) is 4.78. The van der Waals surface area contributed by atoms with Gasteiger partial charge in [-0.15, -0.1) is 11.3 Å². The van der Waals surface area contributed by atoms with E-state index in [9.17, 15) is 4.79 Å². The largest absolute Gasteiger partial charge is 0.497 e. The zero-order chi connectivity index (χ0) is 21.0. The summed E-state index contributed by atoms with van der Waals surface area (Å²) in [6.45, 7) is 7.08. The molecule has 5 nitrogen and oxygen atoms in total. The third kappa shape index (κ3) is 5.15. The summed E-state index contributed by atoms with van der Waals surface area (Å²) in [5.74, 6) is 1.49. The molecule has 0 aliphatic heterocycles. The lowest BCUT2D eigenvalue weighted by Crippen LogP contribution is -2.26. The van der Waals surface area contributed by atoms with Crippen molar-refractivity contribution < 1.29 is 14.3 Å². The van der Waals surface area contributed by atoms with Gasteiger partial charge in [0.25, 0.3) is 5.91 Å². The van der Waals surface area contributed by atoms with Crippen molar-refractivity contribution in [2.75, 3.05) is 14.2 Å². The smallest absolute Gasteiger partial charge is 0.254 e. The molecule has 3 aromatic rings. The van der Waals surface area contributed by atoms with Crippen LogP contribution in [0.5, 0.6) is 11.5 Å². The number of hydrogen-bond acceptors (Lipinski definition) is 5. The SMILES string of the molecule is COc1cccc(C(=O)N(C)Cc2csc(COc3cc(C)cc(C)c3C)n2)c1. The quantitative estimate of drug-likeness (QED) is 0.554. The van der Waals surface area contributed by atoms with Crippen molar-refractivity contribution in [3.63, 3.8) is 0 Å². The standard InChI is InChI=1S/C23H26N2O3S/c1-15-9-16(2)17(3)21(10-15)28-13-22-24-19(14-29-22)12-25(4)23(26)18-7-6-8-20(11-18)27-5/h6-11,14H,12-13H2,1-5H3. The van der Waals surface area contributed by atoms with Crippen LogP contribution in [0.2, 0.25) is 0 Å². The minimum Gasteiger partial charge on any atom is -0.497 e. The Morgan fingerprint density at radius 2 is 1.97 bits per heavy atom. The van der Waals surface area contributed by atoms with Gasteiger partial charge in [0.15, 0.2) is 0 Å². The highest BCUT2D eigenvalue weighted by Crippen LogP contribution is 2.25. The van der Waals surface area contributed by atoms with Gasteiger partial charge in [-0.05, 0) is 61.7 Å². The molecule has 0 bridgehead atoms. The van der Waals surface area contributed by atoms with Crippen LogP contribution in [0.4, 0.5) is 0 Å². The first-order valence-corrected chi connectivity index (χ1v) is 10.3. The van der Waals surface area contributed by atoms with Gasteiger partial charge in [0.1, 0.15) is 23.1 Å². The molecule has 3 rings (SSSR count). The van der Waals surface area contributed by atoms with Crippen molar-refractivity contribution in [3.8, 4) is 11.5 Å². The minimum atomic E-state index is -0.0689. The molecule has 1 heterocycles. The highest BCUT2D eigenvalue weighted by Gasteiger charge is 2.15. The second kappa shape index (κ2) is 9.09. The lowest BCUT2D eigenvalue weighted by molar-refractivity contribution is 0.0783. The Morgan fingerprint density at radius 3 is 2.72 bits per heavy atom. The monoisotopic (exact) mass is 410 g/mol. The molecule has 0 radical (unpaired) electrons. The maximum Gasteiger partial charge on any atom is 0.254 e. The second-order valence-corrected chi connectivity index (χ2v) is 8.06. The fourth-order valence-corrected chi connectivity index (χ4v) is 3.77. The van der Waals surface area contributed by atoms with Gasteiger partial charge in [0.05, 0.1) is 19.3 Å². The van der Waals surface area contributed by atoms with Crippen LogP contribution in [0.25, 0.3) is 0 Å². The molecule has 2 aromatic carbocycles. The molecule has 152 valence electrons. The molecule has 6 heteroatoms. The van der Waals surface area contributed by atoms with Gasteiger partial charge in [0, 0.05) is 18.0 Å². The van der Waals surface area contributed by atoms with E-state index in [4.69, 9.17) is 9.47 Å². The predicted octanol–water partition coefficient (Wildman–Crippen LogP) is 4.93. The zero-order valence-corrected chi connectivity index (χ0v) is 18.3. The summed E-state index contributed by atoms with van der Waals surface area (Å²) in [5, 5.41) is 2.86. The summed E-state index contributed by atoms with van der Waals surface area (Å²) in [7, 11) is 3.36. The average Bonchev–Trinajstić information content (AvgIpc) is 3.16. The van der Waals surface area contributed by atoms with E-state index < -0.39 is 0 Å². The lowest BCUT2D eigenvalue weighted by Gasteiger charge is -2.16. The van der Waals surface area contributed by atoms with Crippen LogP contribution in [-0.4, -0.2) is 29.9 Å². The highest BCUT2D eigenvalue weighted by molar-refractivity contribution is 7.09. The number of benzene rings is 2. The molecule has 0 saturated carbocycles. The van der Waals surface area contributed by atoms with Crippen LogP contribution >= 0.6 is 11.3 Å². The molecule has 0 unspecified atom stereocenters. The Bertz CT molecular complexity index is 1010. The Labute approximate surface area is 175 Å². The number of amides is 1. The van der Waals surface area contributed by atoms with Crippen molar-refractivity contribution >= 4 is 17.2 Å².